The van der Waals surface area contributed by atoms with Gasteiger partial charge in [0, 0.05) is 23.0 Å². The van der Waals surface area contributed by atoms with Gasteiger partial charge in [0.25, 0.3) is 0 Å². The number of nitrogens with zero attached hydrogens (tertiary/aromatic N) is 1. The lowest BCUT2D eigenvalue weighted by Gasteiger charge is -2.11. The first kappa shape index (κ1) is 12.7. The zero-order chi connectivity index (χ0) is 14.1. The minimum absolute atomic E-state index is 0.0934. The van der Waals surface area contributed by atoms with Crippen LogP contribution < -0.4 is 11.1 Å². The Kier molecular flexibility index (Phi) is 3.16. The molecule has 100 valence electrons. The SMILES string of the molecule is Nc1ccc(Nc2ccc(Cl)c(F)c2)c2ncccc12. The second-order valence-electron chi connectivity index (χ2n) is 4.36. The molecule has 0 radical (unpaired) electrons. The number of aromatic nitrogens is 1. The molecule has 0 unspecified atom stereocenters. The molecule has 0 amide bonds. The van der Waals surface area contributed by atoms with E-state index < -0.39 is 5.82 Å². The lowest BCUT2D eigenvalue weighted by atomic mass is 10.1. The minimum Gasteiger partial charge on any atom is -0.398 e. The molecule has 0 saturated heterocycles. The third-order valence-electron chi connectivity index (χ3n) is 3.00. The molecule has 0 bridgehead atoms. The van der Waals surface area contributed by atoms with Gasteiger partial charge in [0.15, 0.2) is 0 Å². The van der Waals surface area contributed by atoms with Crippen molar-refractivity contribution in [1.29, 1.82) is 0 Å². The highest BCUT2D eigenvalue weighted by atomic mass is 35.5. The molecule has 5 heteroatoms. The molecule has 0 fully saturated rings. The molecule has 0 aliphatic rings. The van der Waals surface area contributed by atoms with Crippen molar-refractivity contribution in [3.8, 4) is 0 Å². The lowest BCUT2D eigenvalue weighted by molar-refractivity contribution is 0.629. The van der Waals surface area contributed by atoms with Crippen molar-refractivity contribution >= 4 is 39.6 Å². The largest absolute Gasteiger partial charge is 0.398 e. The van der Waals surface area contributed by atoms with Crippen molar-refractivity contribution in [2.45, 2.75) is 0 Å². The van der Waals surface area contributed by atoms with Gasteiger partial charge in [-0.15, -0.1) is 0 Å². The molecule has 2 aromatic carbocycles. The summed E-state index contributed by atoms with van der Waals surface area (Å²) in [5.74, 6) is -0.468. The van der Waals surface area contributed by atoms with Crippen molar-refractivity contribution in [3.05, 3.63) is 59.5 Å². The Morgan fingerprint density at radius 1 is 1.15 bits per heavy atom. The van der Waals surface area contributed by atoms with Gasteiger partial charge in [-0.1, -0.05) is 11.6 Å². The summed E-state index contributed by atoms with van der Waals surface area (Å²) in [6.45, 7) is 0. The Hall–Kier alpha value is -2.33. The van der Waals surface area contributed by atoms with Crippen LogP contribution in [-0.2, 0) is 0 Å². The van der Waals surface area contributed by atoms with Crippen LogP contribution in [0.3, 0.4) is 0 Å². The molecule has 0 aliphatic carbocycles. The maximum atomic E-state index is 13.5. The third-order valence-corrected chi connectivity index (χ3v) is 3.31. The number of fused-ring (bicyclic) bond motifs is 1. The highest BCUT2D eigenvalue weighted by Gasteiger charge is 2.06. The number of nitrogens with two attached hydrogens (primary N) is 1. The summed E-state index contributed by atoms with van der Waals surface area (Å²) >= 11 is 5.67. The van der Waals surface area contributed by atoms with Gasteiger partial charge >= 0.3 is 0 Å². The van der Waals surface area contributed by atoms with E-state index in [1.54, 1.807) is 18.3 Å². The summed E-state index contributed by atoms with van der Waals surface area (Å²) in [6.07, 6.45) is 1.69. The van der Waals surface area contributed by atoms with Crippen LogP contribution in [0.4, 0.5) is 21.5 Å². The molecule has 1 aromatic heterocycles. The fourth-order valence-electron chi connectivity index (χ4n) is 2.02. The smallest absolute Gasteiger partial charge is 0.143 e. The molecule has 3 nitrogen and oxygen atoms in total. The highest BCUT2D eigenvalue weighted by molar-refractivity contribution is 6.30. The van der Waals surface area contributed by atoms with Gasteiger partial charge in [0.05, 0.1) is 16.2 Å². The van der Waals surface area contributed by atoms with Crippen LogP contribution in [0.2, 0.25) is 5.02 Å². The van der Waals surface area contributed by atoms with Crippen molar-refractivity contribution in [2.24, 2.45) is 0 Å². The van der Waals surface area contributed by atoms with Crippen LogP contribution in [0, 0.1) is 5.82 Å². The van der Waals surface area contributed by atoms with Gasteiger partial charge in [-0.25, -0.2) is 4.39 Å². The number of nitrogen functional groups attached to an aromatic ring is 1. The zero-order valence-electron chi connectivity index (χ0n) is 10.4. The van der Waals surface area contributed by atoms with Gasteiger partial charge in [-0.05, 0) is 42.5 Å². The Bertz CT molecular complexity index is 789. The molecule has 3 N–H and O–H groups in total. The fourth-order valence-corrected chi connectivity index (χ4v) is 2.14. The first-order chi connectivity index (χ1) is 9.65. The van der Waals surface area contributed by atoms with E-state index in [1.165, 1.54) is 12.1 Å². The quantitative estimate of drug-likeness (QED) is 0.689. The van der Waals surface area contributed by atoms with Crippen molar-refractivity contribution in [3.63, 3.8) is 0 Å². The Morgan fingerprint density at radius 2 is 2.00 bits per heavy atom. The molecule has 1 heterocycles. The van der Waals surface area contributed by atoms with Crippen molar-refractivity contribution < 1.29 is 4.39 Å². The van der Waals surface area contributed by atoms with E-state index >= 15 is 0 Å². The summed E-state index contributed by atoms with van der Waals surface area (Å²) in [4.78, 5) is 4.32. The second kappa shape index (κ2) is 4.98. The van der Waals surface area contributed by atoms with Crippen LogP contribution in [0.5, 0.6) is 0 Å². The monoisotopic (exact) mass is 287 g/mol. The molecule has 20 heavy (non-hydrogen) atoms. The summed E-state index contributed by atoms with van der Waals surface area (Å²) in [7, 11) is 0. The van der Waals surface area contributed by atoms with Crippen molar-refractivity contribution in [2.75, 3.05) is 11.1 Å². The molecule has 0 saturated carbocycles. The van der Waals surface area contributed by atoms with E-state index in [0.29, 0.717) is 11.4 Å². The predicted octanol–water partition coefficient (Wildman–Crippen LogP) is 4.35. The number of hydrogen-bond donors (Lipinski definition) is 2. The molecule has 0 spiro atoms. The van der Waals surface area contributed by atoms with E-state index in [0.717, 1.165) is 16.6 Å². The zero-order valence-corrected chi connectivity index (χ0v) is 11.2. The average Bonchev–Trinajstić information content (AvgIpc) is 2.46. The first-order valence-corrected chi connectivity index (χ1v) is 6.38. The summed E-state index contributed by atoms with van der Waals surface area (Å²) in [5, 5.41) is 4.07. The number of rotatable bonds is 2. The Labute approximate surface area is 120 Å². The molecule has 3 aromatic rings. The van der Waals surface area contributed by atoms with Gasteiger partial charge in [-0.2, -0.15) is 0 Å². The van der Waals surface area contributed by atoms with E-state index in [9.17, 15) is 4.39 Å². The number of pyridine rings is 1. The molecular formula is C15H11ClFN3. The van der Waals surface area contributed by atoms with E-state index in [1.807, 2.05) is 18.2 Å². The van der Waals surface area contributed by atoms with E-state index in [4.69, 9.17) is 17.3 Å². The Morgan fingerprint density at radius 3 is 2.80 bits per heavy atom. The molecule has 0 atom stereocenters. The van der Waals surface area contributed by atoms with E-state index in [2.05, 4.69) is 10.3 Å². The highest BCUT2D eigenvalue weighted by Crippen LogP contribution is 2.29. The fraction of sp³-hybridized carbons (Fsp3) is 0. The van der Waals surface area contributed by atoms with Crippen molar-refractivity contribution in [1.82, 2.24) is 4.98 Å². The molecular weight excluding hydrogens is 277 g/mol. The van der Waals surface area contributed by atoms with Gasteiger partial charge in [0.1, 0.15) is 5.82 Å². The number of anilines is 3. The third kappa shape index (κ3) is 2.26. The van der Waals surface area contributed by atoms with Crippen LogP contribution >= 0.6 is 11.6 Å². The Balaban J connectivity index is 2.06. The maximum Gasteiger partial charge on any atom is 0.143 e. The lowest BCUT2D eigenvalue weighted by Crippen LogP contribution is -1.96. The van der Waals surface area contributed by atoms with E-state index in [-0.39, 0.29) is 5.02 Å². The van der Waals surface area contributed by atoms with Crippen LogP contribution in [-0.4, -0.2) is 4.98 Å². The van der Waals surface area contributed by atoms with Crippen LogP contribution in [0.25, 0.3) is 10.9 Å². The van der Waals surface area contributed by atoms with Crippen LogP contribution in [0.1, 0.15) is 0 Å². The topological polar surface area (TPSA) is 50.9 Å². The maximum absolute atomic E-state index is 13.5. The second-order valence-corrected chi connectivity index (χ2v) is 4.76. The minimum atomic E-state index is -0.468. The normalized spacial score (nSPS) is 10.7. The number of nitrogens with one attached hydrogen (secondary N) is 1. The average molecular weight is 288 g/mol. The number of benzene rings is 2. The summed E-state index contributed by atoms with van der Waals surface area (Å²) in [5.41, 5.74) is 8.67. The molecule has 3 rings (SSSR count). The summed E-state index contributed by atoms with van der Waals surface area (Å²) < 4.78 is 13.5. The van der Waals surface area contributed by atoms with Crippen LogP contribution in [0.15, 0.2) is 48.7 Å². The standard InChI is InChI=1S/C15H11ClFN3/c16-11-4-3-9(8-12(11)17)20-14-6-5-13(18)10-2-1-7-19-15(10)14/h1-8,20H,18H2. The number of halogens is 2. The van der Waals surface area contributed by atoms with Gasteiger partial charge < -0.3 is 11.1 Å². The number of hydrogen-bond acceptors (Lipinski definition) is 3. The first-order valence-electron chi connectivity index (χ1n) is 6.00. The van der Waals surface area contributed by atoms with Gasteiger partial charge in [0.2, 0.25) is 0 Å². The van der Waals surface area contributed by atoms with Gasteiger partial charge in [-0.3, -0.25) is 4.98 Å². The molecule has 0 aliphatic heterocycles. The predicted molar refractivity (Wildman–Crippen MR) is 80.8 cm³/mol. The summed E-state index contributed by atoms with van der Waals surface area (Å²) in [6, 6.07) is 11.9.